The van der Waals surface area contributed by atoms with E-state index in [4.69, 9.17) is 0 Å². The molecule has 5 heteroatoms. The van der Waals surface area contributed by atoms with Crippen LogP contribution in [0.1, 0.15) is 20.8 Å². The Hall–Kier alpha value is -1.26. The molecule has 1 aliphatic heterocycles. The Kier molecular flexibility index (Phi) is 3.55. The summed E-state index contributed by atoms with van der Waals surface area (Å²) in [6.07, 6.45) is 0. The summed E-state index contributed by atoms with van der Waals surface area (Å²) >= 11 is 0. The van der Waals surface area contributed by atoms with E-state index < -0.39 is 5.41 Å². The van der Waals surface area contributed by atoms with Crippen molar-refractivity contribution in [2.75, 3.05) is 20.1 Å². The van der Waals surface area contributed by atoms with E-state index in [1.54, 1.807) is 7.05 Å². The smallest absolute Gasteiger partial charge is 0.227 e. The molecule has 3 N–H and O–H groups in total. The maximum absolute atomic E-state index is 11.5. The van der Waals surface area contributed by atoms with Gasteiger partial charge in [-0.1, -0.05) is 0 Å². The van der Waals surface area contributed by atoms with Crippen LogP contribution < -0.4 is 16.0 Å². The van der Waals surface area contributed by atoms with Crippen LogP contribution in [0.4, 0.5) is 0 Å². The molecule has 0 saturated carbocycles. The van der Waals surface area contributed by atoms with Gasteiger partial charge in [0, 0.05) is 19.6 Å². The van der Waals surface area contributed by atoms with E-state index >= 15 is 0 Å². The van der Waals surface area contributed by atoms with Crippen molar-refractivity contribution in [2.45, 2.75) is 26.8 Å². The number of hydrogen-bond donors (Lipinski definition) is 3. The quantitative estimate of drug-likeness (QED) is 0.601. The van der Waals surface area contributed by atoms with Crippen molar-refractivity contribution < 1.29 is 4.79 Å². The molecular formula is C10H20N4O. The third-order valence-corrected chi connectivity index (χ3v) is 2.45. The van der Waals surface area contributed by atoms with Gasteiger partial charge < -0.3 is 16.0 Å². The predicted octanol–water partition coefficient (Wildman–Crippen LogP) is -0.304. The van der Waals surface area contributed by atoms with Gasteiger partial charge in [0.2, 0.25) is 5.91 Å². The number of nitrogens with zero attached hydrogens (tertiary/aromatic N) is 1. The lowest BCUT2D eigenvalue weighted by atomic mass is 9.92. The van der Waals surface area contributed by atoms with Gasteiger partial charge in [-0.3, -0.25) is 9.79 Å². The van der Waals surface area contributed by atoms with Crippen molar-refractivity contribution in [3.05, 3.63) is 0 Å². The van der Waals surface area contributed by atoms with Gasteiger partial charge >= 0.3 is 0 Å². The summed E-state index contributed by atoms with van der Waals surface area (Å²) in [6.45, 7) is 7.24. The summed E-state index contributed by atoms with van der Waals surface area (Å²) < 4.78 is 0. The number of aliphatic imine (C=N–C) groups is 1. The highest BCUT2D eigenvalue weighted by molar-refractivity contribution is 5.84. The summed E-state index contributed by atoms with van der Waals surface area (Å²) in [6, 6.07) is 0.385. The van der Waals surface area contributed by atoms with E-state index in [2.05, 4.69) is 27.9 Å². The van der Waals surface area contributed by atoms with E-state index in [1.807, 2.05) is 13.8 Å². The van der Waals surface area contributed by atoms with Gasteiger partial charge in [-0.05, 0) is 20.8 Å². The van der Waals surface area contributed by atoms with Crippen molar-refractivity contribution in [1.82, 2.24) is 16.0 Å². The van der Waals surface area contributed by atoms with Crippen molar-refractivity contribution in [1.29, 1.82) is 0 Å². The van der Waals surface area contributed by atoms with Gasteiger partial charge in [0.15, 0.2) is 5.96 Å². The normalized spacial score (nSPS) is 20.5. The second kappa shape index (κ2) is 4.51. The molecule has 1 amide bonds. The van der Waals surface area contributed by atoms with Crippen molar-refractivity contribution in [3.63, 3.8) is 0 Å². The molecule has 0 bridgehead atoms. The van der Waals surface area contributed by atoms with Crippen LogP contribution >= 0.6 is 0 Å². The fourth-order valence-corrected chi connectivity index (χ4v) is 1.38. The Labute approximate surface area is 90.7 Å². The zero-order chi connectivity index (χ0) is 11.5. The third-order valence-electron chi connectivity index (χ3n) is 2.45. The first-order chi connectivity index (χ1) is 6.95. The number of nitrogens with one attached hydrogen (secondary N) is 3. The molecule has 0 radical (unpaired) electrons. The van der Waals surface area contributed by atoms with Crippen LogP contribution in [0.15, 0.2) is 4.99 Å². The monoisotopic (exact) mass is 212 g/mol. The molecule has 1 unspecified atom stereocenters. The highest BCUT2D eigenvalue weighted by atomic mass is 16.2. The standard InChI is InChI=1S/C10H20N4O/c1-7-5-12-9(14-7)13-6-10(2,3)8(15)11-4/h7H,5-6H2,1-4H3,(H,11,15)(H2,12,13,14). The lowest BCUT2D eigenvalue weighted by Crippen LogP contribution is -2.47. The molecule has 0 spiro atoms. The van der Waals surface area contributed by atoms with Crippen LogP contribution in [0.25, 0.3) is 0 Å². The van der Waals surface area contributed by atoms with Gasteiger partial charge in [-0.25, -0.2) is 0 Å². The SMILES string of the molecule is CNC(=O)C(C)(C)CNC1=NCC(C)N1. The molecule has 15 heavy (non-hydrogen) atoms. The second-order valence-electron chi connectivity index (χ2n) is 4.55. The minimum Gasteiger partial charge on any atom is -0.359 e. The largest absolute Gasteiger partial charge is 0.359 e. The maximum Gasteiger partial charge on any atom is 0.227 e. The summed E-state index contributed by atoms with van der Waals surface area (Å²) in [7, 11) is 1.65. The maximum atomic E-state index is 11.5. The predicted molar refractivity (Wildman–Crippen MR) is 60.8 cm³/mol. The van der Waals surface area contributed by atoms with Crippen LogP contribution in [-0.2, 0) is 4.79 Å². The zero-order valence-corrected chi connectivity index (χ0v) is 9.85. The number of amides is 1. The molecule has 0 aromatic heterocycles. The summed E-state index contributed by atoms with van der Waals surface area (Å²) in [4.78, 5) is 15.8. The van der Waals surface area contributed by atoms with E-state index in [0.29, 0.717) is 12.6 Å². The first kappa shape index (κ1) is 11.8. The molecule has 1 atom stereocenters. The highest BCUT2D eigenvalue weighted by Crippen LogP contribution is 2.13. The van der Waals surface area contributed by atoms with E-state index in [9.17, 15) is 4.79 Å². The van der Waals surface area contributed by atoms with E-state index in [1.165, 1.54) is 0 Å². The molecule has 0 aromatic rings. The summed E-state index contributed by atoms with van der Waals surface area (Å²) in [5.74, 6) is 0.820. The van der Waals surface area contributed by atoms with Gasteiger partial charge in [0.1, 0.15) is 0 Å². The molecule has 5 nitrogen and oxygen atoms in total. The van der Waals surface area contributed by atoms with E-state index in [0.717, 1.165) is 12.5 Å². The first-order valence-corrected chi connectivity index (χ1v) is 5.23. The molecule has 86 valence electrons. The van der Waals surface area contributed by atoms with Crippen molar-refractivity contribution >= 4 is 11.9 Å². The Bertz CT molecular complexity index is 273. The topological polar surface area (TPSA) is 65.5 Å². The Morgan fingerprint density at radius 1 is 1.67 bits per heavy atom. The van der Waals surface area contributed by atoms with Crippen molar-refractivity contribution in [2.24, 2.45) is 10.4 Å². The number of carbonyl (C=O) groups is 1. The van der Waals surface area contributed by atoms with Gasteiger partial charge in [0.25, 0.3) is 0 Å². The molecule has 1 rings (SSSR count). The van der Waals surface area contributed by atoms with Gasteiger partial charge in [-0.2, -0.15) is 0 Å². The number of carbonyl (C=O) groups excluding carboxylic acids is 1. The lowest BCUT2D eigenvalue weighted by molar-refractivity contribution is -0.128. The summed E-state index contributed by atoms with van der Waals surface area (Å²) in [5, 5.41) is 8.99. The molecule has 1 heterocycles. The lowest BCUT2D eigenvalue weighted by Gasteiger charge is -2.23. The fraction of sp³-hybridized carbons (Fsp3) is 0.800. The number of hydrogen-bond acceptors (Lipinski definition) is 4. The molecule has 0 aromatic carbocycles. The Balaban J connectivity index is 2.39. The minimum atomic E-state index is -0.426. The van der Waals surface area contributed by atoms with Crippen LogP contribution in [-0.4, -0.2) is 38.0 Å². The first-order valence-electron chi connectivity index (χ1n) is 5.23. The Morgan fingerprint density at radius 3 is 2.80 bits per heavy atom. The third kappa shape index (κ3) is 3.11. The summed E-state index contributed by atoms with van der Waals surface area (Å²) in [5.41, 5.74) is -0.426. The average Bonchev–Trinajstić information content (AvgIpc) is 2.60. The van der Waals surface area contributed by atoms with Gasteiger partial charge in [-0.15, -0.1) is 0 Å². The van der Waals surface area contributed by atoms with Crippen LogP contribution in [0.2, 0.25) is 0 Å². The molecule has 0 aliphatic carbocycles. The zero-order valence-electron chi connectivity index (χ0n) is 9.85. The van der Waals surface area contributed by atoms with E-state index in [-0.39, 0.29) is 5.91 Å². The molecule has 1 aliphatic rings. The van der Waals surface area contributed by atoms with Crippen LogP contribution in [0.3, 0.4) is 0 Å². The number of guanidine groups is 1. The highest BCUT2D eigenvalue weighted by Gasteiger charge is 2.27. The molecule has 0 fully saturated rings. The molecule has 0 saturated heterocycles. The van der Waals surface area contributed by atoms with Gasteiger partial charge in [0.05, 0.1) is 12.0 Å². The van der Waals surface area contributed by atoms with Crippen LogP contribution in [0, 0.1) is 5.41 Å². The Morgan fingerprint density at radius 2 is 2.33 bits per heavy atom. The average molecular weight is 212 g/mol. The number of rotatable bonds is 3. The van der Waals surface area contributed by atoms with Crippen LogP contribution in [0.5, 0.6) is 0 Å². The van der Waals surface area contributed by atoms with Crippen molar-refractivity contribution in [3.8, 4) is 0 Å². The fourth-order valence-electron chi connectivity index (χ4n) is 1.38. The second-order valence-corrected chi connectivity index (χ2v) is 4.55. The molecular weight excluding hydrogens is 192 g/mol. The minimum absolute atomic E-state index is 0.0293.